The summed E-state index contributed by atoms with van der Waals surface area (Å²) in [7, 11) is 0. The van der Waals surface area contributed by atoms with Crippen molar-refractivity contribution in [3.8, 4) is 0 Å². The fourth-order valence-electron chi connectivity index (χ4n) is 2.69. The Morgan fingerprint density at radius 3 is 2.56 bits per heavy atom. The summed E-state index contributed by atoms with van der Waals surface area (Å²) >= 11 is 0. The van der Waals surface area contributed by atoms with Crippen LogP contribution >= 0.6 is 0 Å². The maximum atomic E-state index is 11.4. The van der Waals surface area contributed by atoms with E-state index in [9.17, 15) is 14.7 Å². The summed E-state index contributed by atoms with van der Waals surface area (Å²) in [4.78, 5) is 24.7. The molecule has 1 saturated heterocycles. The summed E-state index contributed by atoms with van der Waals surface area (Å²) in [5, 5.41) is 9.27. The Labute approximate surface area is 108 Å². The van der Waals surface area contributed by atoms with Gasteiger partial charge in [-0.25, -0.2) is 0 Å². The number of nitrogens with two attached hydrogens (primary N) is 1. The molecular weight excluding hydrogens is 232 g/mol. The van der Waals surface area contributed by atoms with Gasteiger partial charge in [0, 0.05) is 6.54 Å². The molecule has 0 radical (unpaired) electrons. The summed E-state index contributed by atoms with van der Waals surface area (Å²) in [5.74, 6) is -1.02. The molecule has 5 nitrogen and oxygen atoms in total. The van der Waals surface area contributed by atoms with Crippen LogP contribution in [-0.2, 0) is 9.59 Å². The van der Waals surface area contributed by atoms with Crippen LogP contribution < -0.4 is 5.73 Å². The number of amides is 1. The number of rotatable bonds is 5. The van der Waals surface area contributed by atoms with Crippen molar-refractivity contribution in [2.75, 3.05) is 13.1 Å². The predicted molar refractivity (Wildman–Crippen MR) is 69.0 cm³/mol. The summed E-state index contributed by atoms with van der Waals surface area (Å²) < 4.78 is 0. The van der Waals surface area contributed by atoms with Crippen LogP contribution in [0, 0.1) is 11.3 Å². The first-order valence-corrected chi connectivity index (χ1v) is 6.57. The number of carboxylic acids is 1. The summed E-state index contributed by atoms with van der Waals surface area (Å²) in [5.41, 5.74) is 4.64. The minimum atomic E-state index is -0.776. The topological polar surface area (TPSA) is 83.6 Å². The van der Waals surface area contributed by atoms with Gasteiger partial charge in [-0.3, -0.25) is 14.5 Å². The number of aliphatic carboxylic acids is 1. The highest BCUT2D eigenvalue weighted by atomic mass is 16.4. The number of carbonyl (C=O) groups is 2. The summed E-state index contributed by atoms with van der Waals surface area (Å²) in [6.07, 6.45) is 2.49. The van der Waals surface area contributed by atoms with Crippen molar-refractivity contribution in [1.82, 2.24) is 4.90 Å². The van der Waals surface area contributed by atoms with Crippen LogP contribution in [-0.4, -0.2) is 41.0 Å². The molecule has 0 aliphatic carbocycles. The lowest BCUT2D eigenvalue weighted by molar-refractivity contribution is -0.151. The number of carboxylic acid groups (broad SMARTS) is 1. The normalized spacial score (nSPS) is 23.6. The number of nitrogens with zero attached hydrogens (tertiary/aromatic N) is 1. The van der Waals surface area contributed by atoms with Crippen LogP contribution in [0.25, 0.3) is 0 Å². The van der Waals surface area contributed by atoms with E-state index in [0.29, 0.717) is 13.0 Å². The minimum absolute atomic E-state index is 0.0668. The second kappa shape index (κ2) is 5.69. The van der Waals surface area contributed by atoms with E-state index in [4.69, 9.17) is 5.73 Å². The molecular formula is C13H24N2O3. The number of hydrogen-bond acceptors (Lipinski definition) is 3. The monoisotopic (exact) mass is 256 g/mol. The fraction of sp³-hybridized carbons (Fsp3) is 0.846. The maximum Gasteiger partial charge on any atom is 0.309 e. The molecule has 1 fully saturated rings. The number of primary amides is 1. The molecule has 1 rings (SSSR count). The van der Waals surface area contributed by atoms with E-state index in [2.05, 4.69) is 0 Å². The van der Waals surface area contributed by atoms with Gasteiger partial charge in [0.1, 0.15) is 0 Å². The lowest BCUT2D eigenvalue weighted by atomic mass is 9.74. The molecule has 0 aromatic rings. The fourth-order valence-corrected chi connectivity index (χ4v) is 2.69. The Kier molecular flexibility index (Phi) is 4.73. The third-order valence-corrected chi connectivity index (χ3v) is 4.18. The first kappa shape index (κ1) is 15.0. The van der Waals surface area contributed by atoms with Crippen LogP contribution in [0.3, 0.4) is 0 Å². The van der Waals surface area contributed by atoms with Crippen molar-refractivity contribution in [1.29, 1.82) is 0 Å². The molecule has 3 N–H and O–H groups in total. The van der Waals surface area contributed by atoms with Gasteiger partial charge in [0.05, 0.1) is 11.5 Å². The minimum Gasteiger partial charge on any atom is -0.481 e. The van der Waals surface area contributed by atoms with Crippen LogP contribution in [0.5, 0.6) is 0 Å². The Morgan fingerprint density at radius 2 is 2.11 bits per heavy atom. The summed E-state index contributed by atoms with van der Waals surface area (Å²) in [6.45, 7) is 6.92. The third-order valence-electron chi connectivity index (χ3n) is 4.18. The van der Waals surface area contributed by atoms with Gasteiger partial charge in [0.15, 0.2) is 0 Å². The Bertz CT molecular complexity index is 328. The van der Waals surface area contributed by atoms with Gasteiger partial charge in [-0.15, -0.1) is 0 Å². The highest BCUT2D eigenvalue weighted by molar-refractivity contribution is 5.79. The average Bonchev–Trinajstić information content (AvgIpc) is 2.29. The Morgan fingerprint density at radius 1 is 1.50 bits per heavy atom. The van der Waals surface area contributed by atoms with Crippen LogP contribution in [0.15, 0.2) is 0 Å². The molecule has 0 aromatic heterocycles. The van der Waals surface area contributed by atoms with Crippen LogP contribution in [0.4, 0.5) is 0 Å². The van der Waals surface area contributed by atoms with Crippen molar-refractivity contribution in [2.24, 2.45) is 17.1 Å². The van der Waals surface area contributed by atoms with Gasteiger partial charge in [-0.1, -0.05) is 6.92 Å². The average molecular weight is 256 g/mol. The molecule has 0 spiro atoms. The molecule has 0 bridgehead atoms. The lowest BCUT2D eigenvalue weighted by Gasteiger charge is -2.41. The molecule has 0 aromatic carbocycles. The molecule has 1 heterocycles. The molecule has 1 aliphatic rings. The zero-order valence-electron chi connectivity index (χ0n) is 11.5. The second-order valence-electron chi connectivity index (χ2n) is 5.69. The van der Waals surface area contributed by atoms with Crippen LogP contribution in [0.2, 0.25) is 0 Å². The maximum absolute atomic E-state index is 11.4. The number of likely N-dealkylation sites (tertiary alicyclic amines) is 1. The SMILES string of the molecule is CCC(C(N)=O)N1CCCC(C(C)(C)C(=O)O)C1. The molecule has 1 amide bonds. The van der Waals surface area contributed by atoms with E-state index < -0.39 is 11.4 Å². The van der Waals surface area contributed by atoms with Gasteiger partial charge < -0.3 is 10.8 Å². The van der Waals surface area contributed by atoms with Crippen molar-refractivity contribution in [2.45, 2.75) is 46.1 Å². The van der Waals surface area contributed by atoms with Crippen molar-refractivity contribution < 1.29 is 14.7 Å². The zero-order chi connectivity index (χ0) is 13.9. The van der Waals surface area contributed by atoms with Gasteiger partial charge in [0.25, 0.3) is 0 Å². The molecule has 2 unspecified atom stereocenters. The van der Waals surface area contributed by atoms with E-state index in [1.54, 1.807) is 13.8 Å². The largest absolute Gasteiger partial charge is 0.481 e. The van der Waals surface area contributed by atoms with Gasteiger partial charge in [-0.05, 0) is 45.6 Å². The second-order valence-corrected chi connectivity index (χ2v) is 5.69. The smallest absolute Gasteiger partial charge is 0.309 e. The Hall–Kier alpha value is -1.10. The van der Waals surface area contributed by atoms with E-state index in [-0.39, 0.29) is 17.9 Å². The van der Waals surface area contributed by atoms with E-state index in [0.717, 1.165) is 19.4 Å². The molecule has 18 heavy (non-hydrogen) atoms. The zero-order valence-corrected chi connectivity index (χ0v) is 11.5. The number of carbonyl (C=O) groups excluding carboxylic acids is 1. The summed E-state index contributed by atoms with van der Waals surface area (Å²) in [6, 6.07) is -0.266. The van der Waals surface area contributed by atoms with Gasteiger partial charge in [0.2, 0.25) is 5.91 Å². The molecule has 0 saturated carbocycles. The van der Waals surface area contributed by atoms with E-state index in [1.165, 1.54) is 0 Å². The van der Waals surface area contributed by atoms with Crippen molar-refractivity contribution in [3.05, 3.63) is 0 Å². The third kappa shape index (κ3) is 3.02. The highest BCUT2D eigenvalue weighted by Crippen LogP contribution is 2.34. The van der Waals surface area contributed by atoms with Crippen molar-refractivity contribution in [3.63, 3.8) is 0 Å². The molecule has 2 atom stereocenters. The molecule has 104 valence electrons. The van der Waals surface area contributed by atoms with Gasteiger partial charge >= 0.3 is 5.97 Å². The van der Waals surface area contributed by atoms with Crippen molar-refractivity contribution >= 4 is 11.9 Å². The highest BCUT2D eigenvalue weighted by Gasteiger charge is 2.40. The first-order chi connectivity index (χ1) is 8.30. The number of hydrogen-bond donors (Lipinski definition) is 2. The standard InChI is InChI=1S/C13H24N2O3/c1-4-10(11(14)16)15-7-5-6-9(8-15)13(2,3)12(17)18/h9-10H,4-8H2,1-3H3,(H2,14,16)(H,17,18). The predicted octanol–water partition coefficient (Wildman–Crippen LogP) is 1.07. The van der Waals surface area contributed by atoms with Crippen LogP contribution in [0.1, 0.15) is 40.0 Å². The quantitative estimate of drug-likeness (QED) is 0.770. The molecule has 1 aliphatic heterocycles. The van der Waals surface area contributed by atoms with E-state index >= 15 is 0 Å². The Balaban J connectivity index is 2.78. The number of piperidine rings is 1. The first-order valence-electron chi connectivity index (χ1n) is 6.57. The lowest BCUT2D eigenvalue weighted by Crippen LogP contribution is -2.52. The molecule has 5 heteroatoms. The van der Waals surface area contributed by atoms with Gasteiger partial charge in [-0.2, -0.15) is 0 Å². The van der Waals surface area contributed by atoms with E-state index in [1.807, 2.05) is 11.8 Å².